The Labute approximate surface area is 270 Å². The van der Waals surface area contributed by atoms with Crippen LogP contribution in [0.5, 0.6) is 5.75 Å². The van der Waals surface area contributed by atoms with Crippen LogP contribution in [0.3, 0.4) is 0 Å². The van der Waals surface area contributed by atoms with E-state index < -0.39 is 33.4 Å². The third kappa shape index (κ3) is 8.42. The molecule has 4 rings (SSSR count). The van der Waals surface area contributed by atoms with Gasteiger partial charge in [-0.1, -0.05) is 62.6 Å². The molecule has 0 aromatic heterocycles. The molecule has 0 bridgehead atoms. The van der Waals surface area contributed by atoms with Crippen LogP contribution in [0.4, 0.5) is 11.4 Å². The molecular weight excluding hydrogens is 608 g/mol. The first kappa shape index (κ1) is 34.4. The zero-order chi connectivity index (χ0) is 33.3. The number of carbonyl (C=O) groups excluding carboxylic acids is 2. The molecule has 1 unspecified atom stereocenters. The number of hydrogen-bond acceptors (Lipinski definition) is 7. The predicted octanol–water partition coefficient (Wildman–Crippen LogP) is 5.41. The van der Waals surface area contributed by atoms with Gasteiger partial charge in [0.05, 0.1) is 22.6 Å². The van der Waals surface area contributed by atoms with E-state index in [1.165, 1.54) is 43.2 Å². The fourth-order valence-corrected chi connectivity index (χ4v) is 7.23. The molecule has 46 heavy (non-hydrogen) atoms. The minimum Gasteiger partial charge on any atom is -0.497 e. The fourth-order valence-electron chi connectivity index (χ4n) is 5.79. The lowest BCUT2D eigenvalue weighted by molar-refractivity contribution is -0.385. The van der Waals surface area contributed by atoms with Crippen LogP contribution in [-0.2, 0) is 26.0 Å². The Morgan fingerprint density at radius 1 is 1.02 bits per heavy atom. The van der Waals surface area contributed by atoms with E-state index in [2.05, 4.69) is 5.32 Å². The van der Waals surface area contributed by atoms with Crippen molar-refractivity contribution in [2.75, 3.05) is 24.5 Å². The van der Waals surface area contributed by atoms with E-state index in [1.807, 2.05) is 37.3 Å². The molecule has 246 valence electrons. The van der Waals surface area contributed by atoms with Crippen molar-refractivity contribution in [1.82, 2.24) is 10.2 Å². The maximum absolute atomic E-state index is 14.3. The zero-order valence-corrected chi connectivity index (χ0v) is 27.4. The summed E-state index contributed by atoms with van der Waals surface area (Å²) in [5.74, 6) is -0.347. The predicted molar refractivity (Wildman–Crippen MR) is 176 cm³/mol. The van der Waals surface area contributed by atoms with Gasteiger partial charge in [-0.25, -0.2) is 8.42 Å². The van der Waals surface area contributed by atoms with Gasteiger partial charge in [-0.3, -0.25) is 24.0 Å². The number of hydrogen-bond donors (Lipinski definition) is 1. The highest BCUT2D eigenvalue weighted by Crippen LogP contribution is 2.29. The molecule has 1 aliphatic rings. The number of nitrogens with zero attached hydrogens (tertiary/aromatic N) is 3. The van der Waals surface area contributed by atoms with Crippen LogP contribution in [0.25, 0.3) is 0 Å². The lowest BCUT2D eigenvalue weighted by atomic mass is 9.95. The van der Waals surface area contributed by atoms with Gasteiger partial charge in [0.15, 0.2) is 0 Å². The number of carbonyl (C=O) groups is 2. The molecule has 2 amide bonds. The number of ether oxygens (including phenoxy) is 1. The van der Waals surface area contributed by atoms with Gasteiger partial charge in [0, 0.05) is 24.2 Å². The molecule has 0 spiro atoms. The summed E-state index contributed by atoms with van der Waals surface area (Å²) in [6.07, 6.45) is 5.75. The van der Waals surface area contributed by atoms with Crippen molar-refractivity contribution in [2.45, 2.75) is 75.8 Å². The normalized spacial score (nSPS) is 14.2. The number of amides is 2. The van der Waals surface area contributed by atoms with E-state index in [9.17, 15) is 28.1 Å². The highest BCUT2D eigenvalue weighted by Gasteiger charge is 2.35. The van der Waals surface area contributed by atoms with Crippen molar-refractivity contribution in [3.05, 3.63) is 94.0 Å². The van der Waals surface area contributed by atoms with E-state index in [1.54, 1.807) is 12.1 Å². The second-order valence-corrected chi connectivity index (χ2v) is 13.4. The minimum atomic E-state index is -4.48. The minimum absolute atomic E-state index is 0.0369. The summed E-state index contributed by atoms with van der Waals surface area (Å²) in [7, 11) is -3.00. The molecule has 1 saturated carbocycles. The SMILES string of the molecule is CCC(C(=O)NC1CCCCC1)N(CCc1ccccc1)C(=O)CN(c1ccc(OC)cc1)S(=O)(=O)c1ccc(C)c([N+](=O)[O-])c1. The first-order valence-corrected chi connectivity index (χ1v) is 17.0. The van der Waals surface area contributed by atoms with E-state index in [0.717, 1.165) is 48.0 Å². The summed E-state index contributed by atoms with van der Waals surface area (Å²) in [4.78, 5) is 40.1. The Hall–Kier alpha value is -4.45. The number of anilines is 1. The van der Waals surface area contributed by atoms with Gasteiger partial charge in [-0.15, -0.1) is 0 Å². The molecule has 3 aromatic rings. The second-order valence-electron chi connectivity index (χ2n) is 11.5. The van der Waals surface area contributed by atoms with Crippen LogP contribution in [0.2, 0.25) is 0 Å². The molecule has 1 N–H and O–H groups in total. The van der Waals surface area contributed by atoms with Crippen LogP contribution in [0.15, 0.2) is 77.7 Å². The lowest BCUT2D eigenvalue weighted by Crippen LogP contribution is -2.54. The van der Waals surface area contributed by atoms with Crippen molar-refractivity contribution >= 4 is 33.2 Å². The van der Waals surface area contributed by atoms with E-state index in [0.29, 0.717) is 24.2 Å². The van der Waals surface area contributed by atoms with Gasteiger partial charge in [0.25, 0.3) is 15.7 Å². The van der Waals surface area contributed by atoms with Crippen LogP contribution in [-0.4, -0.2) is 62.3 Å². The molecule has 1 atom stereocenters. The number of rotatable bonds is 14. The average molecular weight is 651 g/mol. The van der Waals surface area contributed by atoms with Gasteiger partial charge in [0.1, 0.15) is 18.3 Å². The molecule has 11 nitrogen and oxygen atoms in total. The Bertz CT molecular complexity index is 1610. The van der Waals surface area contributed by atoms with Crippen molar-refractivity contribution in [3.8, 4) is 5.75 Å². The van der Waals surface area contributed by atoms with Gasteiger partial charge in [0.2, 0.25) is 11.8 Å². The molecule has 12 heteroatoms. The largest absolute Gasteiger partial charge is 0.497 e. The summed E-state index contributed by atoms with van der Waals surface area (Å²) in [5.41, 5.74) is 1.09. The van der Waals surface area contributed by atoms with Gasteiger partial charge < -0.3 is 15.0 Å². The highest BCUT2D eigenvalue weighted by atomic mass is 32.2. The third-order valence-corrected chi connectivity index (χ3v) is 10.2. The average Bonchev–Trinajstić information content (AvgIpc) is 3.06. The number of nitro benzene ring substituents is 1. The van der Waals surface area contributed by atoms with Gasteiger partial charge in [-0.2, -0.15) is 0 Å². The summed E-state index contributed by atoms with van der Waals surface area (Å²) >= 11 is 0. The Morgan fingerprint density at radius 3 is 2.30 bits per heavy atom. The Balaban J connectivity index is 1.71. The molecule has 0 aliphatic heterocycles. The topological polar surface area (TPSA) is 139 Å². The maximum atomic E-state index is 14.3. The van der Waals surface area contributed by atoms with Gasteiger partial charge in [-0.05, 0) is 68.5 Å². The van der Waals surface area contributed by atoms with E-state index >= 15 is 0 Å². The third-order valence-electron chi connectivity index (χ3n) is 8.43. The highest BCUT2D eigenvalue weighted by molar-refractivity contribution is 7.92. The molecule has 3 aromatic carbocycles. The van der Waals surface area contributed by atoms with E-state index in [4.69, 9.17) is 4.74 Å². The second kappa shape index (κ2) is 15.7. The zero-order valence-electron chi connectivity index (χ0n) is 26.6. The van der Waals surface area contributed by atoms with Crippen LogP contribution in [0, 0.1) is 17.0 Å². The Morgan fingerprint density at radius 2 is 1.70 bits per heavy atom. The smallest absolute Gasteiger partial charge is 0.273 e. The van der Waals surface area contributed by atoms with Crippen molar-refractivity contribution < 1.29 is 27.7 Å². The number of nitrogens with one attached hydrogen (secondary N) is 1. The summed E-state index contributed by atoms with van der Waals surface area (Å²) in [6, 6.07) is 18.6. The summed E-state index contributed by atoms with van der Waals surface area (Å²) in [5, 5.41) is 14.8. The molecule has 0 heterocycles. The quantitative estimate of drug-likeness (QED) is 0.182. The molecular formula is C34H42N4O7S. The van der Waals surface area contributed by atoms with Gasteiger partial charge >= 0.3 is 0 Å². The lowest BCUT2D eigenvalue weighted by Gasteiger charge is -2.34. The number of methoxy groups -OCH3 is 1. The first-order valence-electron chi connectivity index (χ1n) is 15.6. The van der Waals surface area contributed by atoms with Crippen LogP contribution >= 0.6 is 0 Å². The van der Waals surface area contributed by atoms with Crippen molar-refractivity contribution in [2.24, 2.45) is 0 Å². The molecule has 0 saturated heterocycles. The van der Waals surface area contributed by atoms with Crippen molar-refractivity contribution in [3.63, 3.8) is 0 Å². The number of nitro groups is 1. The van der Waals surface area contributed by atoms with Crippen molar-refractivity contribution in [1.29, 1.82) is 0 Å². The number of benzene rings is 3. The number of aryl methyl sites for hydroxylation is 1. The standard InChI is InChI=1S/C34H42N4O7S/c1-4-31(34(40)35-27-13-9-6-10-14-27)36(22-21-26-11-7-5-8-12-26)33(39)24-37(28-16-18-29(45-3)19-17-28)46(43,44)30-20-15-25(2)32(23-30)38(41)42/h5,7-8,11-12,15-20,23,27,31H,4,6,9-10,13-14,21-22,24H2,1-3H3,(H,35,40). The molecule has 0 radical (unpaired) electrons. The van der Waals surface area contributed by atoms with Crippen LogP contribution < -0.4 is 14.4 Å². The van der Waals surface area contributed by atoms with Crippen LogP contribution in [0.1, 0.15) is 56.6 Å². The number of sulfonamides is 1. The fraction of sp³-hybridized carbons (Fsp3) is 0.412. The maximum Gasteiger partial charge on any atom is 0.273 e. The molecule has 1 fully saturated rings. The summed E-state index contributed by atoms with van der Waals surface area (Å²) in [6.45, 7) is 2.91. The Kier molecular flexibility index (Phi) is 11.8. The molecule has 1 aliphatic carbocycles. The summed E-state index contributed by atoms with van der Waals surface area (Å²) < 4.78 is 34.5. The van der Waals surface area contributed by atoms with E-state index in [-0.39, 0.29) is 34.8 Å². The first-order chi connectivity index (χ1) is 22.0. The monoisotopic (exact) mass is 650 g/mol.